The van der Waals surface area contributed by atoms with Crippen LogP contribution in [0, 0.1) is 0 Å². The number of ketones is 1. The second-order valence-corrected chi connectivity index (χ2v) is 12.5. The quantitative estimate of drug-likeness (QED) is 0.277. The molecule has 3 atom stereocenters. The maximum Gasteiger partial charge on any atom is 0.341 e. The first-order valence-electron chi connectivity index (χ1n) is 15.1. The van der Waals surface area contributed by atoms with E-state index < -0.39 is 72.5 Å². The lowest BCUT2D eigenvalue weighted by Gasteiger charge is -2.43. The van der Waals surface area contributed by atoms with Crippen molar-refractivity contribution in [1.29, 1.82) is 0 Å². The average molecular weight is 705 g/mol. The molecule has 2 fully saturated rings. The van der Waals surface area contributed by atoms with Gasteiger partial charge in [-0.2, -0.15) is 0 Å². The molecular formula is C32H35Cl2N5O9. The number of carbonyl (C=O) groups is 7. The monoisotopic (exact) mass is 703 g/mol. The number of carboxylic acids is 1. The van der Waals surface area contributed by atoms with Crippen LogP contribution in [-0.4, -0.2) is 107 Å². The number of amides is 4. The zero-order valence-corrected chi connectivity index (χ0v) is 27.8. The Morgan fingerprint density at radius 1 is 1.02 bits per heavy atom. The fourth-order valence-corrected chi connectivity index (χ4v) is 6.02. The van der Waals surface area contributed by atoms with Gasteiger partial charge in [0.15, 0.2) is 12.4 Å². The van der Waals surface area contributed by atoms with Gasteiger partial charge in [-0.3, -0.25) is 33.8 Å². The minimum absolute atomic E-state index is 0.00953. The Bertz CT molecular complexity index is 1580. The van der Waals surface area contributed by atoms with Crippen molar-refractivity contribution in [3.63, 3.8) is 0 Å². The van der Waals surface area contributed by atoms with Gasteiger partial charge in [-0.25, -0.2) is 9.80 Å². The second kappa shape index (κ2) is 16.0. The first kappa shape index (κ1) is 36.3. The number of rotatable bonds is 12. The lowest BCUT2D eigenvalue weighted by Crippen LogP contribution is -2.64. The first-order valence-corrected chi connectivity index (χ1v) is 15.9. The Kier molecular flexibility index (Phi) is 12.1. The van der Waals surface area contributed by atoms with Crippen LogP contribution in [0.1, 0.15) is 58.4 Å². The van der Waals surface area contributed by atoms with Gasteiger partial charge in [0.1, 0.15) is 18.1 Å². The third-order valence-electron chi connectivity index (χ3n) is 7.78. The summed E-state index contributed by atoms with van der Waals surface area (Å²) in [5.74, 6) is -5.99. The van der Waals surface area contributed by atoms with Crippen LogP contribution in [0.4, 0.5) is 0 Å². The summed E-state index contributed by atoms with van der Waals surface area (Å²) < 4.78 is 5.02. The summed E-state index contributed by atoms with van der Waals surface area (Å²) in [6.45, 7) is -0.109. The topological polar surface area (TPSA) is 183 Å². The number of hydrogen-bond donors (Lipinski definition) is 3. The molecule has 2 aromatic carbocycles. The van der Waals surface area contributed by atoms with Crippen LogP contribution in [0.25, 0.3) is 0 Å². The molecule has 0 aromatic heterocycles. The Morgan fingerprint density at radius 2 is 1.69 bits per heavy atom. The van der Waals surface area contributed by atoms with Crippen LogP contribution in [0.5, 0.6) is 0 Å². The standard InChI is InChI=1S/C32H35Cl2N5O9/c1-37(2)16-18-8-10-19(11-9-18)29(44)35-22-12-13-26(41)38-14-4-7-24(39(38)31(22)46)30(45)36-23(15-27(42)43)25(40)17-48-32(47)28-20(33)5-3-6-21(28)34/h3,5-6,8-11,22-24H,4,7,12-17H2,1-2H3,(H,35,44)(H,36,45)(H,42,43)/t22?,23-,24?/m0/s1. The van der Waals surface area contributed by atoms with Crippen molar-refractivity contribution < 1.29 is 43.4 Å². The molecule has 0 aliphatic carbocycles. The molecule has 48 heavy (non-hydrogen) atoms. The van der Waals surface area contributed by atoms with Crippen LogP contribution >= 0.6 is 23.2 Å². The summed E-state index contributed by atoms with van der Waals surface area (Å²) in [4.78, 5) is 92.8. The van der Waals surface area contributed by atoms with Crippen LogP contribution < -0.4 is 10.6 Å². The van der Waals surface area contributed by atoms with Gasteiger partial charge in [-0.05, 0) is 63.2 Å². The molecule has 4 rings (SSSR count). The van der Waals surface area contributed by atoms with Crippen molar-refractivity contribution in [3.8, 4) is 0 Å². The number of halogens is 2. The number of carbonyl (C=O) groups excluding carboxylic acids is 6. The molecule has 2 unspecified atom stereocenters. The third-order valence-corrected chi connectivity index (χ3v) is 8.41. The van der Waals surface area contributed by atoms with Gasteiger partial charge in [0.2, 0.25) is 11.8 Å². The number of aliphatic carboxylic acids is 1. The van der Waals surface area contributed by atoms with Gasteiger partial charge < -0.3 is 25.4 Å². The fraction of sp³-hybridized carbons (Fsp3) is 0.406. The number of hydrazine groups is 1. The predicted octanol–water partition coefficient (Wildman–Crippen LogP) is 2.07. The molecule has 256 valence electrons. The average Bonchev–Trinajstić information content (AvgIpc) is 3.15. The van der Waals surface area contributed by atoms with Crippen molar-refractivity contribution in [3.05, 3.63) is 69.2 Å². The van der Waals surface area contributed by atoms with Crippen molar-refractivity contribution in [2.75, 3.05) is 27.2 Å². The molecule has 2 aliphatic heterocycles. The highest BCUT2D eigenvalue weighted by Gasteiger charge is 2.45. The van der Waals surface area contributed by atoms with Gasteiger partial charge in [-0.15, -0.1) is 0 Å². The second-order valence-electron chi connectivity index (χ2n) is 11.7. The molecule has 4 amide bonds. The summed E-state index contributed by atoms with van der Waals surface area (Å²) in [7, 11) is 3.83. The highest BCUT2D eigenvalue weighted by Crippen LogP contribution is 2.27. The maximum absolute atomic E-state index is 13.8. The molecule has 2 aromatic rings. The minimum atomic E-state index is -1.65. The summed E-state index contributed by atoms with van der Waals surface area (Å²) in [6.07, 6.45) is -0.528. The van der Waals surface area contributed by atoms with Crippen LogP contribution in [0.2, 0.25) is 10.0 Å². The molecule has 14 nitrogen and oxygen atoms in total. The lowest BCUT2D eigenvalue weighted by atomic mass is 10.0. The number of esters is 1. The smallest absolute Gasteiger partial charge is 0.341 e. The highest BCUT2D eigenvalue weighted by molar-refractivity contribution is 6.39. The Labute approximate surface area is 286 Å². The SMILES string of the molecule is CN(C)Cc1ccc(C(=O)NC2CCC(=O)N3CCCC(C(=O)N[C@@H](CC(=O)O)C(=O)COC(=O)c4c(Cl)cccc4Cl)N3C2=O)cc1. The molecule has 0 spiro atoms. The number of nitrogens with zero attached hydrogens (tertiary/aromatic N) is 3. The molecule has 0 saturated carbocycles. The van der Waals surface area contributed by atoms with E-state index in [9.17, 15) is 38.7 Å². The summed E-state index contributed by atoms with van der Waals surface area (Å²) in [6, 6.07) is 7.03. The minimum Gasteiger partial charge on any atom is -0.481 e. The number of ether oxygens (including phenoxy) is 1. The molecule has 2 heterocycles. The Balaban J connectivity index is 1.48. The normalized spacial score (nSPS) is 18.4. The van der Waals surface area contributed by atoms with E-state index in [2.05, 4.69) is 10.6 Å². The first-order chi connectivity index (χ1) is 22.8. The van der Waals surface area contributed by atoms with E-state index >= 15 is 0 Å². The number of carboxylic acid groups (broad SMARTS) is 1. The predicted molar refractivity (Wildman–Crippen MR) is 172 cm³/mol. The van der Waals surface area contributed by atoms with Crippen LogP contribution in [0.15, 0.2) is 42.5 Å². The van der Waals surface area contributed by atoms with Crippen molar-refractivity contribution in [1.82, 2.24) is 25.6 Å². The largest absolute Gasteiger partial charge is 0.481 e. The molecular weight excluding hydrogens is 669 g/mol. The summed E-state index contributed by atoms with van der Waals surface area (Å²) in [5, 5.41) is 16.6. The van der Waals surface area contributed by atoms with E-state index in [0.29, 0.717) is 18.5 Å². The van der Waals surface area contributed by atoms with E-state index in [1.54, 1.807) is 24.3 Å². The molecule has 2 saturated heterocycles. The van der Waals surface area contributed by atoms with E-state index in [-0.39, 0.29) is 41.4 Å². The van der Waals surface area contributed by atoms with Gasteiger partial charge in [0.25, 0.3) is 11.8 Å². The van der Waals surface area contributed by atoms with Crippen LogP contribution in [0.3, 0.4) is 0 Å². The molecule has 0 bridgehead atoms. The molecule has 16 heteroatoms. The maximum atomic E-state index is 13.8. The van der Waals surface area contributed by atoms with Crippen molar-refractivity contribution in [2.45, 2.75) is 56.8 Å². The summed E-state index contributed by atoms with van der Waals surface area (Å²) >= 11 is 12.0. The van der Waals surface area contributed by atoms with Crippen molar-refractivity contribution in [2.24, 2.45) is 0 Å². The van der Waals surface area contributed by atoms with E-state index in [0.717, 1.165) is 15.6 Å². The van der Waals surface area contributed by atoms with Gasteiger partial charge >= 0.3 is 11.9 Å². The van der Waals surface area contributed by atoms with Crippen LogP contribution in [-0.2, 0) is 35.3 Å². The summed E-state index contributed by atoms with van der Waals surface area (Å²) in [5.41, 5.74) is 1.09. The Hall–Kier alpha value is -4.53. The van der Waals surface area contributed by atoms with E-state index in [4.69, 9.17) is 27.9 Å². The number of Topliss-reactive ketones (excluding diaryl/α,β-unsaturated/α-hetero) is 1. The fourth-order valence-electron chi connectivity index (χ4n) is 5.46. The number of benzene rings is 2. The van der Waals surface area contributed by atoms with E-state index in [1.165, 1.54) is 18.2 Å². The van der Waals surface area contributed by atoms with Gasteiger partial charge in [-0.1, -0.05) is 41.4 Å². The zero-order valence-electron chi connectivity index (χ0n) is 26.2. The molecule has 2 aliphatic rings. The van der Waals surface area contributed by atoms with E-state index in [1.807, 2.05) is 19.0 Å². The highest BCUT2D eigenvalue weighted by atomic mass is 35.5. The molecule has 0 radical (unpaired) electrons. The van der Waals surface area contributed by atoms with Gasteiger partial charge in [0, 0.05) is 25.1 Å². The number of fused-ring (bicyclic) bond motifs is 1. The zero-order chi connectivity index (χ0) is 35.1. The lowest BCUT2D eigenvalue weighted by molar-refractivity contribution is -0.176. The van der Waals surface area contributed by atoms with Crippen molar-refractivity contribution >= 4 is 64.6 Å². The Morgan fingerprint density at radius 3 is 2.31 bits per heavy atom. The number of nitrogens with one attached hydrogen (secondary N) is 2. The van der Waals surface area contributed by atoms with Gasteiger partial charge in [0.05, 0.1) is 22.0 Å². The molecule has 3 N–H and O–H groups in total. The number of hydrogen-bond acceptors (Lipinski definition) is 9. The third kappa shape index (κ3) is 8.88.